The zero-order chi connectivity index (χ0) is 24.1. The zero-order valence-corrected chi connectivity index (χ0v) is 19.7. The van der Waals surface area contributed by atoms with Gasteiger partial charge in [0.1, 0.15) is 42.2 Å². The van der Waals surface area contributed by atoms with Gasteiger partial charge in [-0.05, 0) is 49.6 Å². The summed E-state index contributed by atoms with van der Waals surface area (Å²) in [5.41, 5.74) is 8.73. The Labute approximate surface area is 207 Å². The van der Waals surface area contributed by atoms with Gasteiger partial charge in [0.05, 0.1) is 22.7 Å². The van der Waals surface area contributed by atoms with Crippen LogP contribution in [-0.4, -0.2) is 55.1 Å². The summed E-state index contributed by atoms with van der Waals surface area (Å²) in [4.78, 5) is 15.8. The van der Waals surface area contributed by atoms with Crippen molar-refractivity contribution in [3.8, 4) is 11.4 Å². The third-order valence-electron chi connectivity index (χ3n) is 7.03. The Morgan fingerprint density at radius 3 is 2.86 bits per heavy atom. The Balaban J connectivity index is 1.08. The molecule has 2 N–H and O–H groups in total. The molecule has 10 heteroatoms. The van der Waals surface area contributed by atoms with Crippen LogP contribution in [0.3, 0.4) is 0 Å². The predicted octanol–water partition coefficient (Wildman–Crippen LogP) is 3.71. The van der Waals surface area contributed by atoms with Gasteiger partial charge in [0.25, 0.3) is 0 Å². The van der Waals surface area contributed by atoms with Crippen molar-refractivity contribution in [2.24, 2.45) is 0 Å². The number of anilines is 2. The van der Waals surface area contributed by atoms with E-state index in [1.54, 1.807) is 10.9 Å². The summed E-state index contributed by atoms with van der Waals surface area (Å²) in [6, 6.07) is 12.2. The van der Waals surface area contributed by atoms with Crippen molar-refractivity contribution in [2.75, 3.05) is 30.3 Å². The van der Waals surface area contributed by atoms with Crippen LogP contribution in [0.1, 0.15) is 25.5 Å². The van der Waals surface area contributed by atoms with E-state index in [9.17, 15) is 0 Å². The molecule has 2 fully saturated rings. The number of nitrogens with zero attached hydrogens (tertiary/aromatic N) is 7. The monoisotopic (exact) mass is 482 g/mol. The fourth-order valence-electron chi connectivity index (χ4n) is 4.99. The molecule has 0 amide bonds. The lowest BCUT2D eigenvalue weighted by atomic mass is 10.2. The largest absolute Gasteiger partial charge is 0.491 e. The van der Waals surface area contributed by atoms with Gasteiger partial charge in [0, 0.05) is 43.1 Å². The molecule has 2 atom stereocenters. The minimum absolute atomic E-state index is 0.0316. The summed E-state index contributed by atoms with van der Waals surface area (Å²) < 4.78 is 16.3. The van der Waals surface area contributed by atoms with E-state index >= 15 is 0 Å². The molecule has 0 aliphatic carbocycles. The topological polar surface area (TPSA) is 109 Å². The first-order valence-electron chi connectivity index (χ1n) is 12.3. The van der Waals surface area contributed by atoms with Crippen molar-refractivity contribution in [3.05, 3.63) is 61.3 Å². The van der Waals surface area contributed by atoms with Crippen molar-refractivity contribution in [2.45, 2.75) is 31.6 Å². The van der Waals surface area contributed by atoms with Crippen LogP contribution in [0.15, 0.2) is 61.3 Å². The van der Waals surface area contributed by atoms with Gasteiger partial charge in [-0.15, -0.1) is 0 Å². The molecule has 10 nitrogen and oxygen atoms in total. The van der Waals surface area contributed by atoms with Crippen molar-refractivity contribution in [1.29, 1.82) is 0 Å². The highest BCUT2D eigenvalue weighted by atomic mass is 16.6. The van der Waals surface area contributed by atoms with Gasteiger partial charge in [-0.2, -0.15) is 5.10 Å². The summed E-state index contributed by atoms with van der Waals surface area (Å²) >= 11 is 0. The number of aromatic nitrogens is 6. The van der Waals surface area contributed by atoms with Crippen molar-refractivity contribution in [3.63, 3.8) is 0 Å². The molecule has 0 saturated carbocycles. The van der Waals surface area contributed by atoms with E-state index in [4.69, 9.17) is 20.2 Å². The summed E-state index contributed by atoms with van der Waals surface area (Å²) in [5, 5.41) is 6.24. The Bertz CT molecular complexity index is 1540. The van der Waals surface area contributed by atoms with Gasteiger partial charge < -0.3 is 24.7 Å². The molecule has 0 spiro atoms. The van der Waals surface area contributed by atoms with E-state index in [0.29, 0.717) is 12.4 Å². The molecule has 36 heavy (non-hydrogen) atoms. The smallest absolute Gasteiger partial charge is 0.149 e. The van der Waals surface area contributed by atoms with Gasteiger partial charge >= 0.3 is 0 Å². The van der Waals surface area contributed by atoms with E-state index < -0.39 is 0 Å². The number of pyridine rings is 1. The van der Waals surface area contributed by atoms with Crippen LogP contribution < -0.4 is 15.4 Å². The molecule has 0 radical (unpaired) electrons. The van der Waals surface area contributed by atoms with Gasteiger partial charge in [-0.25, -0.2) is 19.6 Å². The Morgan fingerprint density at radius 2 is 2.03 bits per heavy atom. The second kappa shape index (κ2) is 8.49. The van der Waals surface area contributed by atoms with Crippen LogP contribution >= 0.6 is 0 Å². The fraction of sp³-hybridized carbons (Fsp3) is 0.308. The van der Waals surface area contributed by atoms with Gasteiger partial charge in [-0.1, -0.05) is 0 Å². The van der Waals surface area contributed by atoms with Crippen LogP contribution in [0, 0.1) is 0 Å². The molecule has 2 aliphatic heterocycles. The number of hydrogen-bond donors (Lipinski definition) is 1. The number of fused-ring (bicyclic) bond motifs is 2. The first-order valence-corrected chi connectivity index (χ1v) is 12.3. The van der Waals surface area contributed by atoms with Crippen LogP contribution in [-0.2, 0) is 4.74 Å². The summed E-state index contributed by atoms with van der Waals surface area (Å²) in [7, 11) is 0. The molecule has 7 rings (SSSR count). The van der Waals surface area contributed by atoms with E-state index in [1.165, 1.54) is 12.7 Å². The van der Waals surface area contributed by atoms with Gasteiger partial charge in [-0.3, -0.25) is 0 Å². The average molecular weight is 483 g/mol. The molecule has 0 bridgehead atoms. The highest BCUT2D eigenvalue weighted by molar-refractivity contribution is 5.94. The molecule has 182 valence electrons. The number of benzene rings is 1. The van der Waals surface area contributed by atoms with E-state index in [-0.39, 0.29) is 12.3 Å². The number of rotatable bonds is 6. The minimum Gasteiger partial charge on any atom is -0.491 e. The van der Waals surface area contributed by atoms with Crippen molar-refractivity contribution in [1.82, 2.24) is 29.3 Å². The van der Waals surface area contributed by atoms with Crippen LogP contribution in [0.5, 0.6) is 5.75 Å². The van der Waals surface area contributed by atoms with Crippen molar-refractivity contribution >= 4 is 33.6 Å². The molecule has 0 unspecified atom stereocenters. The third kappa shape index (κ3) is 3.61. The normalized spacial score (nSPS) is 19.7. The van der Waals surface area contributed by atoms with Gasteiger partial charge in [0.15, 0.2) is 0 Å². The second-order valence-corrected chi connectivity index (χ2v) is 9.30. The molecule has 1 aromatic carbocycles. The maximum Gasteiger partial charge on any atom is 0.149 e. The first-order chi connectivity index (χ1) is 17.7. The minimum atomic E-state index is -0.169. The molecule has 2 saturated heterocycles. The molecule has 6 heterocycles. The lowest BCUT2D eigenvalue weighted by molar-refractivity contribution is -0.0156. The highest BCUT2D eigenvalue weighted by Crippen LogP contribution is 2.35. The summed E-state index contributed by atoms with van der Waals surface area (Å²) in [6.07, 6.45) is 9.84. The number of ether oxygens (including phenoxy) is 2. The Hall–Kier alpha value is -4.18. The fourth-order valence-corrected chi connectivity index (χ4v) is 4.99. The Morgan fingerprint density at radius 1 is 1.11 bits per heavy atom. The molecular weight excluding hydrogens is 456 g/mol. The van der Waals surface area contributed by atoms with Crippen LogP contribution in [0.2, 0.25) is 0 Å². The maximum atomic E-state index is 6.39. The molecule has 5 aromatic rings. The molecule has 2 aliphatic rings. The average Bonchev–Trinajstić information content (AvgIpc) is 3.61. The van der Waals surface area contributed by atoms with Gasteiger partial charge in [0.2, 0.25) is 0 Å². The van der Waals surface area contributed by atoms with E-state index in [0.717, 1.165) is 65.1 Å². The molecule has 4 aromatic heterocycles. The maximum absolute atomic E-state index is 6.39. The SMILES string of the molecule is Nc1ncnc2c1c(-n1cccn1)cn2[C@H]1CC[C@@H](COc2ccc3ccc(N4CCC4)nc3c2)O1. The summed E-state index contributed by atoms with van der Waals surface area (Å²) in [6.45, 7) is 2.62. The quantitative estimate of drug-likeness (QED) is 0.390. The highest BCUT2D eigenvalue weighted by Gasteiger charge is 2.30. The Kier molecular flexibility index (Phi) is 4.98. The second-order valence-electron chi connectivity index (χ2n) is 9.30. The zero-order valence-electron chi connectivity index (χ0n) is 19.7. The van der Waals surface area contributed by atoms with Crippen molar-refractivity contribution < 1.29 is 9.47 Å². The number of nitrogens with two attached hydrogens (primary N) is 1. The standard InChI is InChI=1S/C26H26N8O2/c27-25-24-21(34-12-1-9-30-34)14-33(26(24)29-16-28-25)23-8-6-19(36-23)15-35-18-5-3-17-4-7-22(31-20(17)13-18)32-10-2-11-32/h1,3-5,7,9,12-14,16,19,23H,2,6,8,10-11,15H2,(H2,27,28,29)/t19-,23+/m0/s1. The third-order valence-corrected chi connectivity index (χ3v) is 7.03. The molecular formula is C26H26N8O2. The van der Waals surface area contributed by atoms with E-state index in [2.05, 4.69) is 38.2 Å². The number of nitrogen functional groups attached to an aromatic ring is 1. The van der Waals surface area contributed by atoms with Crippen LogP contribution in [0.4, 0.5) is 11.6 Å². The first kappa shape index (κ1) is 21.1. The lowest BCUT2D eigenvalue weighted by Gasteiger charge is -2.32. The summed E-state index contributed by atoms with van der Waals surface area (Å²) in [5.74, 6) is 2.26. The lowest BCUT2D eigenvalue weighted by Crippen LogP contribution is -2.37. The predicted molar refractivity (Wildman–Crippen MR) is 136 cm³/mol. The van der Waals surface area contributed by atoms with Crippen LogP contribution in [0.25, 0.3) is 27.6 Å². The van der Waals surface area contributed by atoms with E-state index in [1.807, 2.05) is 35.2 Å². The number of hydrogen-bond acceptors (Lipinski definition) is 8.